The fraction of sp³-hybridized carbons (Fsp3) is 0.278. The van der Waals surface area contributed by atoms with E-state index >= 15 is 0 Å². The number of anilines is 1. The van der Waals surface area contributed by atoms with Gasteiger partial charge in [0.05, 0.1) is 12.8 Å². The Morgan fingerprint density at radius 2 is 2.04 bits per heavy atom. The summed E-state index contributed by atoms with van der Waals surface area (Å²) in [5, 5.41) is 2.68. The lowest BCUT2D eigenvalue weighted by atomic mass is 10.2. The van der Waals surface area contributed by atoms with Gasteiger partial charge in [-0.25, -0.2) is 8.42 Å². The third kappa shape index (κ3) is 3.31. The third-order valence-corrected chi connectivity index (χ3v) is 6.55. The van der Waals surface area contributed by atoms with Crippen LogP contribution < -0.4 is 14.4 Å². The molecular weight excluding hydrogens is 420 g/mol. The van der Waals surface area contributed by atoms with E-state index in [0.717, 1.165) is 10.0 Å². The molecule has 26 heavy (non-hydrogen) atoms. The lowest BCUT2D eigenvalue weighted by Gasteiger charge is -2.21. The third-order valence-electron chi connectivity index (χ3n) is 4.23. The number of fused-ring (bicyclic) bond motifs is 1. The summed E-state index contributed by atoms with van der Waals surface area (Å²) in [6.07, 6.45) is 0.631. The van der Waals surface area contributed by atoms with E-state index in [1.807, 2.05) is 12.1 Å². The summed E-state index contributed by atoms with van der Waals surface area (Å²) in [6.45, 7) is 2.61. The molecule has 0 bridgehead atoms. The van der Waals surface area contributed by atoms with Gasteiger partial charge in [-0.3, -0.25) is 9.10 Å². The Labute approximate surface area is 161 Å². The Balaban J connectivity index is 2.08. The molecule has 2 aromatic carbocycles. The molecule has 1 amide bonds. The number of methoxy groups -OCH3 is 1. The average molecular weight is 439 g/mol. The van der Waals surface area contributed by atoms with Gasteiger partial charge in [0.2, 0.25) is 0 Å². The molecule has 0 fully saturated rings. The smallest absolute Gasteiger partial charge is 0.268 e. The molecule has 1 N–H and O–H groups in total. The highest BCUT2D eigenvalue weighted by atomic mass is 79.9. The number of sulfonamides is 1. The normalized spacial score (nSPS) is 13.4. The summed E-state index contributed by atoms with van der Waals surface area (Å²) in [5.41, 5.74) is 1.89. The lowest BCUT2D eigenvalue weighted by molar-refractivity contribution is 0.0955. The van der Waals surface area contributed by atoms with Crippen LogP contribution in [-0.4, -0.2) is 34.5 Å². The summed E-state index contributed by atoms with van der Waals surface area (Å²) in [6, 6.07) is 9.95. The van der Waals surface area contributed by atoms with Crippen LogP contribution in [0.1, 0.15) is 22.8 Å². The van der Waals surface area contributed by atoms with Crippen LogP contribution in [0.4, 0.5) is 5.69 Å². The average Bonchev–Trinajstić information content (AvgIpc) is 3.05. The topological polar surface area (TPSA) is 75.7 Å². The van der Waals surface area contributed by atoms with Gasteiger partial charge in [-0.15, -0.1) is 0 Å². The number of carbonyl (C=O) groups is 1. The number of nitrogens with one attached hydrogen (secondary N) is 1. The van der Waals surface area contributed by atoms with Crippen molar-refractivity contribution in [2.45, 2.75) is 18.2 Å². The number of hydrogen-bond acceptors (Lipinski definition) is 4. The minimum Gasteiger partial charge on any atom is -0.495 e. The van der Waals surface area contributed by atoms with Crippen molar-refractivity contribution in [1.82, 2.24) is 5.32 Å². The van der Waals surface area contributed by atoms with E-state index in [2.05, 4.69) is 21.2 Å². The highest BCUT2D eigenvalue weighted by Crippen LogP contribution is 2.37. The maximum Gasteiger partial charge on any atom is 0.268 e. The van der Waals surface area contributed by atoms with Crippen LogP contribution in [0, 0.1) is 0 Å². The lowest BCUT2D eigenvalue weighted by Crippen LogP contribution is -2.30. The quantitative estimate of drug-likeness (QED) is 0.778. The molecule has 8 heteroatoms. The number of benzene rings is 2. The van der Waals surface area contributed by atoms with Gasteiger partial charge >= 0.3 is 0 Å². The zero-order chi connectivity index (χ0) is 18.9. The van der Waals surface area contributed by atoms with E-state index in [9.17, 15) is 13.2 Å². The first-order valence-electron chi connectivity index (χ1n) is 8.16. The number of nitrogens with zero attached hydrogens (tertiary/aromatic N) is 1. The van der Waals surface area contributed by atoms with Gasteiger partial charge in [-0.1, -0.05) is 15.9 Å². The second-order valence-electron chi connectivity index (χ2n) is 5.83. The Kier molecular flexibility index (Phi) is 5.24. The highest BCUT2D eigenvalue weighted by Gasteiger charge is 2.33. The standard InChI is InChI=1S/C18H19BrN2O4S/c1-3-20-18(22)13-4-7-16(25-2)17(11-13)26(23,24)21-9-8-12-10-14(19)5-6-15(12)21/h4-7,10-11H,3,8-9H2,1-2H3,(H,20,22). The Morgan fingerprint density at radius 1 is 1.27 bits per heavy atom. The molecule has 1 aliphatic heterocycles. The van der Waals surface area contributed by atoms with Gasteiger partial charge in [-0.05, 0) is 55.3 Å². The predicted octanol–water partition coefficient (Wildman–Crippen LogP) is 2.96. The second-order valence-corrected chi connectivity index (χ2v) is 8.57. The van der Waals surface area contributed by atoms with Gasteiger partial charge in [0, 0.05) is 23.1 Å². The summed E-state index contributed by atoms with van der Waals surface area (Å²) >= 11 is 3.41. The van der Waals surface area contributed by atoms with E-state index in [-0.39, 0.29) is 22.1 Å². The molecule has 0 radical (unpaired) electrons. The van der Waals surface area contributed by atoms with Crippen molar-refractivity contribution in [1.29, 1.82) is 0 Å². The van der Waals surface area contributed by atoms with Crippen LogP contribution in [-0.2, 0) is 16.4 Å². The molecule has 3 rings (SSSR count). The first kappa shape index (κ1) is 18.7. The Morgan fingerprint density at radius 3 is 2.73 bits per heavy atom. The maximum absolute atomic E-state index is 13.3. The van der Waals surface area contributed by atoms with Crippen molar-refractivity contribution in [3.05, 3.63) is 52.0 Å². The molecule has 2 aromatic rings. The van der Waals surface area contributed by atoms with Crippen LogP contribution in [0.5, 0.6) is 5.75 Å². The minimum atomic E-state index is -3.87. The van der Waals surface area contributed by atoms with Gasteiger partial charge in [0.15, 0.2) is 0 Å². The first-order valence-corrected chi connectivity index (χ1v) is 10.4. The van der Waals surface area contributed by atoms with E-state index in [1.54, 1.807) is 19.1 Å². The van der Waals surface area contributed by atoms with Crippen LogP contribution in [0.25, 0.3) is 0 Å². The Bertz CT molecular complexity index is 960. The van der Waals surface area contributed by atoms with Crippen LogP contribution >= 0.6 is 15.9 Å². The van der Waals surface area contributed by atoms with E-state index in [4.69, 9.17) is 4.74 Å². The fourth-order valence-electron chi connectivity index (χ4n) is 2.99. The van der Waals surface area contributed by atoms with E-state index in [1.165, 1.54) is 23.5 Å². The first-order chi connectivity index (χ1) is 12.4. The van der Waals surface area contributed by atoms with Gasteiger partial charge < -0.3 is 10.1 Å². The number of halogens is 1. The van der Waals surface area contributed by atoms with Gasteiger partial charge in [0.25, 0.3) is 15.9 Å². The molecule has 6 nitrogen and oxygen atoms in total. The second kappa shape index (κ2) is 7.28. The molecule has 0 atom stereocenters. The van der Waals surface area contributed by atoms with Crippen molar-refractivity contribution in [3.63, 3.8) is 0 Å². The van der Waals surface area contributed by atoms with Crippen molar-refractivity contribution in [2.24, 2.45) is 0 Å². The number of carbonyl (C=O) groups excluding carboxylic acids is 1. The molecule has 0 aliphatic carbocycles. The molecule has 138 valence electrons. The van der Waals surface area contributed by atoms with Crippen molar-refractivity contribution in [3.8, 4) is 5.75 Å². The molecule has 0 saturated heterocycles. The molecule has 1 aliphatic rings. The number of hydrogen-bond donors (Lipinski definition) is 1. The largest absolute Gasteiger partial charge is 0.495 e. The minimum absolute atomic E-state index is 0.0143. The molecular formula is C18H19BrN2O4S. The zero-order valence-electron chi connectivity index (χ0n) is 14.5. The molecule has 0 aromatic heterocycles. The van der Waals surface area contributed by atoms with E-state index < -0.39 is 10.0 Å². The monoisotopic (exact) mass is 438 g/mol. The van der Waals surface area contributed by atoms with Crippen LogP contribution in [0.3, 0.4) is 0 Å². The van der Waals surface area contributed by atoms with Crippen LogP contribution in [0.15, 0.2) is 45.8 Å². The molecule has 0 unspecified atom stereocenters. The summed E-state index contributed by atoms with van der Waals surface area (Å²) in [4.78, 5) is 12.1. The van der Waals surface area contributed by atoms with Gasteiger partial charge in [-0.2, -0.15) is 0 Å². The maximum atomic E-state index is 13.3. The van der Waals surface area contributed by atoms with E-state index in [0.29, 0.717) is 25.2 Å². The highest BCUT2D eigenvalue weighted by molar-refractivity contribution is 9.10. The van der Waals surface area contributed by atoms with Crippen LogP contribution in [0.2, 0.25) is 0 Å². The molecule has 0 spiro atoms. The summed E-state index contributed by atoms with van der Waals surface area (Å²) in [5.74, 6) is -0.110. The number of amides is 1. The summed E-state index contributed by atoms with van der Waals surface area (Å²) in [7, 11) is -2.45. The Hall–Kier alpha value is -2.06. The number of ether oxygens (including phenoxy) is 1. The number of rotatable bonds is 5. The molecule has 0 saturated carbocycles. The fourth-order valence-corrected chi connectivity index (χ4v) is 5.09. The summed E-state index contributed by atoms with van der Waals surface area (Å²) < 4.78 is 34.1. The van der Waals surface area contributed by atoms with Crippen molar-refractivity contribution >= 4 is 37.5 Å². The zero-order valence-corrected chi connectivity index (χ0v) is 16.9. The van der Waals surface area contributed by atoms with Gasteiger partial charge in [0.1, 0.15) is 10.6 Å². The molecule has 1 heterocycles. The van der Waals surface area contributed by atoms with Crippen molar-refractivity contribution in [2.75, 3.05) is 24.5 Å². The predicted molar refractivity (Wildman–Crippen MR) is 103 cm³/mol. The SMILES string of the molecule is CCNC(=O)c1ccc(OC)c(S(=O)(=O)N2CCc3cc(Br)ccc32)c1. The van der Waals surface area contributed by atoms with Crippen molar-refractivity contribution < 1.29 is 17.9 Å².